The van der Waals surface area contributed by atoms with E-state index >= 15 is 0 Å². The largest absolute Gasteiger partial charge is 0.478 e. The second-order valence-corrected chi connectivity index (χ2v) is 6.62. The highest BCUT2D eigenvalue weighted by atomic mass is 32.2. The van der Waals surface area contributed by atoms with Crippen LogP contribution in [-0.2, 0) is 9.53 Å². The smallest absolute Gasteiger partial charge is 0.212 e. The first-order valence-corrected chi connectivity index (χ1v) is 9.36. The molecule has 6 heteroatoms. The van der Waals surface area contributed by atoms with Crippen molar-refractivity contribution < 1.29 is 9.53 Å². The van der Waals surface area contributed by atoms with Crippen molar-refractivity contribution >= 4 is 28.4 Å². The zero-order chi connectivity index (χ0) is 17.4. The highest BCUT2D eigenvalue weighted by molar-refractivity contribution is 8.13. The third kappa shape index (κ3) is 4.77. The Hall–Kier alpha value is -1.95. The molecular formula is C18H25N3O2S. The molecule has 1 heterocycles. The number of hydrazone groups is 1. The summed E-state index contributed by atoms with van der Waals surface area (Å²) in [6.07, 6.45) is 4.74. The van der Waals surface area contributed by atoms with Crippen molar-refractivity contribution in [3.05, 3.63) is 42.3 Å². The number of rotatable bonds is 8. The van der Waals surface area contributed by atoms with Gasteiger partial charge in [-0.3, -0.25) is 4.79 Å². The normalized spacial score (nSPS) is 17.2. The number of hydrogen-bond donors (Lipinski definition) is 1. The van der Waals surface area contributed by atoms with Gasteiger partial charge in [0.15, 0.2) is 0 Å². The highest BCUT2D eigenvalue weighted by Crippen LogP contribution is 2.27. The second-order valence-electron chi connectivity index (χ2n) is 5.52. The van der Waals surface area contributed by atoms with Crippen LogP contribution in [0.25, 0.3) is 0 Å². The number of benzene rings is 1. The van der Waals surface area contributed by atoms with Crippen LogP contribution >= 0.6 is 11.8 Å². The molecule has 0 radical (unpaired) electrons. The number of hydrogen-bond acceptors (Lipinski definition) is 6. The molecule has 0 aromatic heterocycles. The molecule has 24 heavy (non-hydrogen) atoms. The lowest BCUT2D eigenvalue weighted by Crippen LogP contribution is -2.37. The number of carbonyl (C=O) groups excluding carboxylic acids is 1. The van der Waals surface area contributed by atoms with Crippen molar-refractivity contribution in [1.82, 2.24) is 0 Å². The van der Waals surface area contributed by atoms with Crippen LogP contribution in [0, 0.1) is 5.92 Å². The van der Waals surface area contributed by atoms with Crippen molar-refractivity contribution in [2.45, 2.75) is 33.1 Å². The molecule has 2 rings (SSSR count). The minimum atomic E-state index is -0.529. The zero-order valence-corrected chi connectivity index (χ0v) is 15.1. The summed E-state index contributed by atoms with van der Waals surface area (Å²) < 4.78 is 5.82. The number of carbonyl (C=O) groups is 1. The Morgan fingerprint density at radius 3 is 2.71 bits per heavy atom. The van der Waals surface area contributed by atoms with E-state index in [9.17, 15) is 4.79 Å². The van der Waals surface area contributed by atoms with Crippen molar-refractivity contribution in [1.29, 1.82) is 0 Å². The Balaban J connectivity index is 2.20. The van der Waals surface area contributed by atoms with Gasteiger partial charge in [0.05, 0.1) is 12.3 Å². The lowest BCUT2D eigenvalue weighted by Gasteiger charge is -2.28. The van der Waals surface area contributed by atoms with Gasteiger partial charge in [0, 0.05) is 5.75 Å². The highest BCUT2D eigenvalue weighted by Gasteiger charge is 2.29. The maximum Gasteiger partial charge on any atom is 0.212 e. The fourth-order valence-corrected chi connectivity index (χ4v) is 3.19. The van der Waals surface area contributed by atoms with Gasteiger partial charge in [-0.05, 0) is 31.1 Å². The minimum Gasteiger partial charge on any atom is -0.478 e. The Labute approximate surface area is 147 Å². The predicted molar refractivity (Wildman–Crippen MR) is 101 cm³/mol. The van der Waals surface area contributed by atoms with Gasteiger partial charge in [-0.2, -0.15) is 10.1 Å². The Morgan fingerprint density at radius 1 is 1.29 bits per heavy atom. The van der Waals surface area contributed by atoms with Gasteiger partial charge in [0.1, 0.15) is 11.8 Å². The molecule has 5 nitrogen and oxygen atoms in total. The summed E-state index contributed by atoms with van der Waals surface area (Å²) in [5.41, 5.74) is 6.93. The zero-order valence-electron chi connectivity index (χ0n) is 14.3. The monoisotopic (exact) mass is 347 g/mol. The first kappa shape index (κ1) is 18.4. The molecular weight excluding hydrogens is 322 g/mol. The van der Waals surface area contributed by atoms with E-state index in [2.05, 4.69) is 12.0 Å². The van der Waals surface area contributed by atoms with Crippen molar-refractivity contribution in [3.8, 4) is 0 Å². The van der Waals surface area contributed by atoms with Crippen LogP contribution in [-0.4, -0.2) is 23.3 Å². The number of para-hydroxylation sites is 1. The van der Waals surface area contributed by atoms with Crippen molar-refractivity contribution in [2.24, 2.45) is 16.8 Å². The van der Waals surface area contributed by atoms with E-state index in [0.717, 1.165) is 30.7 Å². The summed E-state index contributed by atoms with van der Waals surface area (Å²) in [6.45, 7) is 4.71. The molecule has 130 valence electrons. The molecule has 0 amide bonds. The Bertz CT molecular complexity index is 602. The van der Waals surface area contributed by atoms with Crippen LogP contribution in [0.4, 0.5) is 5.69 Å². The first-order valence-electron chi connectivity index (χ1n) is 8.37. The molecule has 1 atom stereocenters. The van der Waals surface area contributed by atoms with E-state index in [1.54, 1.807) is 11.1 Å². The third-order valence-corrected chi connectivity index (χ3v) is 4.53. The van der Waals surface area contributed by atoms with Crippen LogP contribution < -0.4 is 10.7 Å². The van der Waals surface area contributed by atoms with E-state index in [1.807, 2.05) is 37.3 Å². The van der Waals surface area contributed by atoms with E-state index in [0.29, 0.717) is 18.3 Å². The quantitative estimate of drug-likeness (QED) is 0.726. The number of nitrogens with two attached hydrogens (primary N) is 1. The van der Waals surface area contributed by atoms with Gasteiger partial charge in [0.2, 0.25) is 11.0 Å². The van der Waals surface area contributed by atoms with Crippen molar-refractivity contribution in [3.63, 3.8) is 0 Å². The maximum absolute atomic E-state index is 12.4. The number of nitrogens with zero attached hydrogens (tertiary/aromatic N) is 2. The Kier molecular flexibility index (Phi) is 7.18. The molecule has 1 aromatic rings. The van der Waals surface area contributed by atoms with Gasteiger partial charge < -0.3 is 10.5 Å². The molecule has 0 bridgehead atoms. The number of thioether (sulfide) groups is 1. The summed E-state index contributed by atoms with van der Waals surface area (Å²) in [4.78, 5) is 12.4. The number of amidine groups is 1. The van der Waals surface area contributed by atoms with Crippen LogP contribution in [0.3, 0.4) is 0 Å². The summed E-state index contributed by atoms with van der Waals surface area (Å²) in [6, 6.07) is 9.65. The average Bonchev–Trinajstić information content (AvgIpc) is 2.61. The topological polar surface area (TPSA) is 67.9 Å². The van der Waals surface area contributed by atoms with Crippen LogP contribution in [0.1, 0.15) is 33.1 Å². The molecule has 1 aliphatic rings. The summed E-state index contributed by atoms with van der Waals surface area (Å²) in [7, 11) is 0. The predicted octanol–water partition coefficient (Wildman–Crippen LogP) is 3.72. The summed E-state index contributed by atoms with van der Waals surface area (Å²) in [5.74, 6) is 1.14. The summed E-state index contributed by atoms with van der Waals surface area (Å²) >= 11 is 1.32. The molecule has 1 unspecified atom stereocenters. The third-order valence-electron chi connectivity index (χ3n) is 3.50. The van der Waals surface area contributed by atoms with Gasteiger partial charge in [0.25, 0.3) is 0 Å². The molecule has 0 saturated heterocycles. The van der Waals surface area contributed by atoms with Gasteiger partial charge in [-0.1, -0.05) is 50.2 Å². The lowest BCUT2D eigenvalue weighted by molar-refractivity contribution is -0.111. The lowest BCUT2D eigenvalue weighted by atomic mass is 10.1. The van der Waals surface area contributed by atoms with Crippen LogP contribution in [0.2, 0.25) is 0 Å². The van der Waals surface area contributed by atoms with Gasteiger partial charge >= 0.3 is 0 Å². The standard InChI is InChI=1S/C18H25N3O2S/c1-3-5-12-24-18(22)15-13-16(23-11-4-2)21(20-17(15)19)14-9-7-6-8-10-14/h6-10,13,15H,3-5,11-12H2,1-2H3,(H2,19,20). The minimum absolute atomic E-state index is 0.0232. The molecule has 0 aliphatic carbocycles. The van der Waals surface area contributed by atoms with Gasteiger partial charge in [-0.25, -0.2) is 0 Å². The summed E-state index contributed by atoms with van der Waals surface area (Å²) in [5, 5.41) is 6.10. The Morgan fingerprint density at radius 2 is 2.04 bits per heavy atom. The van der Waals surface area contributed by atoms with E-state index in [-0.39, 0.29) is 5.12 Å². The average molecular weight is 347 g/mol. The van der Waals surface area contributed by atoms with E-state index < -0.39 is 5.92 Å². The fourth-order valence-electron chi connectivity index (χ4n) is 2.19. The number of ether oxygens (including phenoxy) is 1. The van der Waals surface area contributed by atoms with Crippen molar-refractivity contribution in [2.75, 3.05) is 17.4 Å². The fraction of sp³-hybridized carbons (Fsp3) is 0.444. The SMILES string of the molecule is CCCCSC(=O)C1C=C(OCCC)N(c2ccccc2)N=C1N. The molecule has 2 N–H and O–H groups in total. The molecule has 0 spiro atoms. The number of unbranched alkanes of at least 4 members (excludes halogenated alkanes) is 1. The van der Waals surface area contributed by atoms with Crippen LogP contribution in [0.15, 0.2) is 47.4 Å². The maximum atomic E-state index is 12.4. The van der Waals surface area contributed by atoms with E-state index in [1.165, 1.54) is 11.8 Å². The van der Waals surface area contributed by atoms with E-state index in [4.69, 9.17) is 10.5 Å². The van der Waals surface area contributed by atoms with Gasteiger partial charge in [-0.15, -0.1) is 0 Å². The van der Waals surface area contributed by atoms with Crippen LogP contribution in [0.5, 0.6) is 0 Å². The number of anilines is 1. The molecule has 0 saturated carbocycles. The molecule has 1 aromatic carbocycles. The molecule has 0 fully saturated rings. The first-order chi connectivity index (χ1) is 11.7. The second kappa shape index (κ2) is 9.37. The molecule has 1 aliphatic heterocycles.